The molecule has 0 N–H and O–H groups in total. The van der Waals surface area contributed by atoms with Crippen molar-refractivity contribution in [2.75, 3.05) is 18.0 Å². The summed E-state index contributed by atoms with van der Waals surface area (Å²) in [6.07, 6.45) is 4.93. The first-order valence-corrected chi connectivity index (χ1v) is 10.3. The predicted molar refractivity (Wildman–Crippen MR) is 113 cm³/mol. The van der Waals surface area contributed by atoms with E-state index in [9.17, 15) is 0 Å². The summed E-state index contributed by atoms with van der Waals surface area (Å²) in [6, 6.07) is 16.0. The van der Waals surface area contributed by atoms with E-state index >= 15 is 0 Å². The highest BCUT2D eigenvalue weighted by Crippen LogP contribution is 2.41. The molecule has 2 aromatic carbocycles. The van der Waals surface area contributed by atoms with Crippen LogP contribution in [0.3, 0.4) is 0 Å². The van der Waals surface area contributed by atoms with Gasteiger partial charge in [0.2, 0.25) is 5.95 Å². The van der Waals surface area contributed by atoms with Gasteiger partial charge in [0.25, 0.3) is 0 Å². The van der Waals surface area contributed by atoms with Crippen LogP contribution in [0.1, 0.15) is 31.2 Å². The monoisotopic (exact) mass is 391 g/mol. The Morgan fingerprint density at radius 2 is 1.64 bits per heavy atom. The Balaban J connectivity index is 1.71. The molecule has 3 aromatic rings. The summed E-state index contributed by atoms with van der Waals surface area (Å²) >= 11 is 6.28. The fourth-order valence-electron chi connectivity index (χ4n) is 4.06. The number of rotatable bonds is 2. The van der Waals surface area contributed by atoms with Crippen molar-refractivity contribution >= 4 is 17.5 Å². The fourth-order valence-corrected chi connectivity index (χ4v) is 4.25. The minimum absolute atomic E-state index is 0.467. The first-order valence-electron chi connectivity index (χ1n) is 9.93. The molecule has 0 unspecified atom stereocenters. The molecule has 1 saturated heterocycles. The van der Waals surface area contributed by atoms with Crippen LogP contribution in [0.5, 0.6) is 5.75 Å². The summed E-state index contributed by atoms with van der Waals surface area (Å²) in [6.45, 7) is 2.48. The van der Waals surface area contributed by atoms with Gasteiger partial charge in [0.15, 0.2) is 0 Å². The summed E-state index contributed by atoms with van der Waals surface area (Å²) in [5.41, 5.74) is 4.96. The van der Waals surface area contributed by atoms with Gasteiger partial charge in [-0.3, -0.25) is 0 Å². The average molecular weight is 392 g/mol. The minimum atomic E-state index is 0.467. The number of hydrogen-bond acceptors (Lipinski definition) is 4. The molecule has 2 aliphatic heterocycles. The van der Waals surface area contributed by atoms with E-state index in [4.69, 9.17) is 26.3 Å². The molecule has 28 heavy (non-hydrogen) atoms. The zero-order chi connectivity index (χ0) is 18.9. The van der Waals surface area contributed by atoms with Gasteiger partial charge in [-0.2, -0.15) is 0 Å². The Bertz CT molecular complexity index is 1010. The second kappa shape index (κ2) is 7.44. The maximum atomic E-state index is 6.28. The Hall–Kier alpha value is -2.59. The molecule has 2 aliphatic rings. The highest BCUT2D eigenvalue weighted by molar-refractivity contribution is 6.30. The van der Waals surface area contributed by atoms with Crippen molar-refractivity contribution in [2.24, 2.45) is 0 Å². The quantitative estimate of drug-likeness (QED) is 0.558. The zero-order valence-corrected chi connectivity index (χ0v) is 16.5. The van der Waals surface area contributed by atoms with Crippen LogP contribution in [0.25, 0.3) is 22.5 Å². The molecule has 0 spiro atoms. The number of hydrogen-bond donors (Lipinski definition) is 0. The lowest BCUT2D eigenvalue weighted by Crippen LogP contribution is -2.27. The molecule has 0 amide bonds. The molecule has 3 heterocycles. The number of benzene rings is 2. The maximum absolute atomic E-state index is 6.28. The highest BCUT2D eigenvalue weighted by Gasteiger charge is 2.26. The van der Waals surface area contributed by atoms with Crippen molar-refractivity contribution in [1.82, 2.24) is 9.97 Å². The van der Waals surface area contributed by atoms with E-state index in [-0.39, 0.29) is 0 Å². The van der Waals surface area contributed by atoms with E-state index in [0.29, 0.717) is 11.6 Å². The van der Waals surface area contributed by atoms with Crippen molar-refractivity contribution in [1.29, 1.82) is 0 Å². The first-order chi connectivity index (χ1) is 13.8. The largest absolute Gasteiger partial charge is 0.488 e. The highest BCUT2D eigenvalue weighted by atomic mass is 35.5. The zero-order valence-electron chi connectivity index (χ0n) is 15.7. The summed E-state index contributed by atoms with van der Waals surface area (Å²) < 4.78 is 6.02. The third kappa shape index (κ3) is 3.22. The second-order valence-electron chi connectivity index (χ2n) is 7.40. The number of fused-ring (bicyclic) bond motifs is 3. The third-order valence-electron chi connectivity index (χ3n) is 5.50. The van der Waals surface area contributed by atoms with E-state index in [1.165, 1.54) is 25.7 Å². The van der Waals surface area contributed by atoms with E-state index in [1.54, 1.807) is 0 Å². The van der Waals surface area contributed by atoms with Gasteiger partial charge < -0.3 is 9.64 Å². The van der Waals surface area contributed by atoms with Crippen LogP contribution >= 0.6 is 11.6 Å². The first kappa shape index (κ1) is 17.5. The predicted octanol–water partition coefficient (Wildman–Crippen LogP) is 5.74. The summed E-state index contributed by atoms with van der Waals surface area (Å²) in [5.74, 6) is 1.69. The maximum Gasteiger partial charge on any atom is 0.226 e. The van der Waals surface area contributed by atoms with Gasteiger partial charge in [0.05, 0.1) is 11.4 Å². The molecular formula is C23H22ClN3O. The van der Waals surface area contributed by atoms with Crippen molar-refractivity contribution in [3.05, 3.63) is 59.1 Å². The van der Waals surface area contributed by atoms with Crippen LogP contribution in [0.15, 0.2) is 48.5 Å². The van der Waals surface area contributed by atoms with Crippen LogP contribution in [-0.4, -0.2) is 23.1 Å². The van der Waals surface area contributed by atoms with Gasteiger partial charge in [0, 0.05) is 34.8 Å². The molecule has 1 fully saturated rings. The number of anilines is 1. The SMILES string of the molecule is Clc1cccc(-c2nc(N3CCCCCC3)nc3c2COc2ccccc2-3)c1. The fraction of sp³-hybridized carbons (Fsp3) is 0.304. The molecule has 0 atom stereocenters. The molecule has 142 valence electrons. The normalized spacial score (nSPS) is 16.0. The summed E-state index contributed by atoms with van der Waals surface area (Å²) in [7, 11) is 0. The van der Waals surface area contributed by atoms with Gasteiger partial charge in [-0.1, -0.05) is 48.7 Å². The molecule has 0 radical (unpaired) electrons. The Labute approximate surface area is 170 Å². The molecule has 0 saturated carbocycles. The van der Waals surface area contributed by atoms with Crippen LogP contribution in [0, 0.1) is 0 Å². The standard InChI is InChI=1S/C23H22ClN3O/c24-17-9-7-8-16(14-17)21-19-15-28-20-11-4-3-10-18(20)22(19)26-23(25-21)27-12-5-1-2-6-13-27/h3-4,7-11,14H,1-2,5-6,12-13,15H2. The van der Waals surface area contributed by atoms with Gasteiger partial charge in [-0.25, -0.2) is 9.97 Å². The van der Waals surface area contributed by atoms with Crippen molar-refractivity contribution in [2.45, 2.75) is 32.3 Å². The third-order valence-corrected chi connectivity index (χ3v) is 5.73. The Morgan fingerprint density at radius 1 is 0.857 bits per heavy atom. The van der Waals surface area contributed by atoms with Crippen LogP contribution < -0.4 is 9.64 Å². The lowest BCUT2D eigenvalue weighted by atomic mass is 9.98. The molecule has 0 aliphatic carbocycles. The number of halogens is 1. The van der Waals surface area contributed by atoms with Crippen LogP contribution in [0.2, 0.25) is 5.02 Å². The van der Waals surface area contributed by atoms with E-state index in [2.05, 4.69) is 17.0 Å². The second-order valence-corrected chi connectivity index (χ2v) is 7.83. The molecule has 5 rings (SSSR count). The van der Waals surface area contributed by atoms with Gasteiger partial charge in [-0.15, -0.1) is 0 Å². The smallest absolute Gasteiger partial charge is 0.226 e. The van der Waals surface area contributed by atoms with Crippen molar-refractivity contribution in [3.63, 3.8) is 0 Å². The average Bonchev–Trinajstić information content (AvgIpc) is 3.02. The number of nitrogens with zero attached hydrogens (tertiary/aromatic N) is 3. The molecule has 4 nitrogen and oxygen atoms in total. The number of para-hydroxylation sites is 1. The topological polar surface area (TPSA) is 38.2 Å². The molecule has 0 bridgehead atoms. The van der Waals surface area contributed by atoms with Gasteiger partial charge in [-0.05, 0) is 37.1 Å². The molecule has 5 heteroatoms. The van der Waals surface area contributed by atoms with Gasteiger partial charge >= 0.3 is 0 Å². The Morgan fingerprint density at radius 3 is 2.46 bits per heavy atom. The minimum Gasteiger partial charge on any atom is -0.488 e. The number of ether oxygens (including phenoxy) is 1. The van der Waals surface area contributed by atoms with Crippen LogP contribution in [-0.2, 0) is 6.61 Å². The van der Waals surface area contributed by atoms with Crippen molar-refractivity contribution < 1.29 is 4.74 Å². The lowest BCUT2D eigenvalue weighted by molar-refractivity contribution is 0.301. The molecular weight excluding hydrogens is 370 g/mol. The van der Waals surface area contributed by atoms with Gasteiger partial charge in [0.1, 0.15) is 12.4 Å². The number of aromatic nitrogens is 2. The summed E-state index contributed by atoms with van der Waals surface area (Å²) in [4.78, 5) is 12.4. The lowest BCUT2D eigenvalue weighted by Gasteiger charge is -2.26. The van der Waals surface area contributed by atoms with E-state index < -0.39 is 0 Å². The summed E-state index contributed by atoms with van der Waals surface area (Å²) in [5, 5.41) is 0.707. The molecule has 1 aromatic heterocycles. The van der Waals surface area contributed by atoms with E-state index in [1.807, 2.05) is 36.4 Å². The van der Waals surface area contributed by atoms with Crippen LogP contribution in [0.4, 0.5) is 5.95 Å². The van der Waals surface area contributed by atoms with Crippen molar-refractivity contribution in [3.8, 4) is 28.3 Å². The van der Waals surface area contributed by atoms with E-state index in [0.717, 1.165) is 52.9 Å². The Kier molecular flexibility index (Phi) is 4.65.